The highest BCUT2D eigenvalue weighted by molar-refractivity contribution is 9.10. The van der Waals surface area contributed by atoms with Crippen LogP contribution in [0, 0.1) is 40.9 Å². The van der Waals surface area contributed by atoms with E-state index in [2.05, 4.69) is 15.9 Å². The average Bonchev–Trinajstić information content (AvgIpc) is 0.903. The molecule has 2 fully saturated rings. The fraction of sp³-hybridized carbons (Fsp3) is 0.174. The second-order valence-corrected chi connectivity index (χ2v) is 20.0. The molecule has 0 bridgehead atoms. The molecule has 424 valence electrons. The number of hydrogen-bond acceptors (Lipinski definition) is 6. The van der Waals surface area contributed by atoms with Gasteiger partial charge in [-0.25, -0.2) is 22.0 Å². The van der Waals surface area contributed by atoms with Gasteiger partial charge in [0.1, 0.15) is 53.8 Å². The third-order valence-corrected chi connectivity index (χ3v) is 14.3. The highest BCUT2D eigenvalue weighted by atomic mass is 79.9. The molecule has 0 aromatic heterocycles. The summed E-state index contributed by atoms with van der Waals surface area (Å²) in [6, 6.07) is 54.1. The number of carbonyl (C=O) groups excluding carboxylic acids is 3. The summed E-state index contributed by atoms with van der Waals surface area (Å²) in [7, 11) is 0. The van der Waals surface area contributed by atoms with Gasteiger partial charge >= 0.3 is 0 Å². The molecule has 11 rings (SSSR count). The topological polar surface area (TPSA) is 96.4 Å². The van der Waals surface area contributed by atoms with Gasteiger partial charge in [-0.05, 0) is 180 Å². The van der Waals surface area contributed by atoms with E-state index in [4.69, 9.17) is 16.3 Å². The van der Waals surface area contributed by atoms with Crippen LogP contribution in [0.2, 0.25) is 0 Å². The first-order chi connectivity index (χ1) is 41.8. The predicted octanol–water partition coefficient (Wildman–Crippen LogP) is 16.9. The van der Waals surface area contributed by atoms with Gasteiger partial charge in [0.2, 0.25) is 11.8 Å². The Labute approximate surface area is 495 Å². The maximum atomic E-state index is 13.6. The summed E-state index contributed by atoms with van der Waals surface area (Å²) in [6.07, 6.45) is -1.23. The molecule has 8 nitrogen and oxygen atoms in total. The summed E-state index contributed by atoms with van der Waals surface area (Å²) < 4.78 is 115. The molecule has 1 N–H and O–H groups in total. The van der Waals surface area contributed by atoms with Gasteiger partial charge in [0.15, 0.2) is 5.78 Å². The molecular weight excluding hydrogens is 1130 g/mol. The molecule has 0 saturated carbocycles. The molecule has 2 saturated heterocycles. The van der Waals surface area contributed by atoms with Crippen LogP contribution in [0.5, 0.6) is 11.5 Å². The maximum Gasteiger partial charge on any atom is 0.233 e. The third kappa shape index (κ3) is 15.8. The van der Waals surface area contributed by atoms with E-state index in [1.807, 2.05) is 109 Å². The molecule has 2 aliphatic rings. The number of β-lactam (4-membered cyclic amide) rings is 2. The largest absolute Gasteiger partial charge is 0.489 e. The number of benzene rings is 9. The number of halogens is 6. The lowest BCUT2D eigenvalue weighted by Gasteiger charge is -2.48. The van der Waals surface area contributed by atoms with E-state index < -0.39 is 65.4 Å². The number of carbonyl (C=O) groups is 3. The van der Waals surface area contributed by atoms with Gasteiger partial charge in [-0.3, -0.25) is 14.4 Å². The molecule has 2 heterocycles. The Balaban J connectivity index is 0.000000190. The number of Topliss-reactive ketones (excluding diaryl/α,β-unsaturated/α-hetero) is 1. The van der Waals surface area contributed by atoms with Crippen molar-refractivity contribution >= 4 is 44.9 Å². The standard InChI is InChI=1S/C31H27F2NO3.C31H25F2NO3.C6H4BrF.CH4/c2*32-24-10-6-22(7-11-24)29(35)19-18-28-30(34(31(28)36)26-14-12-25(33)13-15-26)23-8-16-27(17-9-23)37-20-21-4-2-1-3-5-21;7-5-1-3-6(8)4-2-5;/h1-17,28-30,35H,18-20H2;1-17,28,30H,18-20H2;1-4H;1H4/t28?,29-,30?;;;/m0.../s1/i29D;;1D,2D,3D,4D;. The van der Waals surface area contributed by atoms with Gasteiger partial charge in [-0.2, -0.15) is 0 Å². The Kier molecular flexibility index (Phi) is 18.6. The number of rotatable bonds is 18. The lowest BCUT2D eigenvalue weighted by Crippen LogP contribution is -2.55. The molecule has 2 aliphatic heterocycles. The second kappa shape index (κ2) is 28.8. The molecule has 83 heavy (non-hydrogen) atoms. The summed E-state index contributed by atoms with van der Waals surface area (Å²) in [4.78, 5) is 42.4. The van der Waals surface area contributed by atoms with Gasteiger partial charge in [-0.1, -0.05) is 120 Å². The van der Waals surface area contributed by atoms with Crippen molar-refractivity contribution in [3.05, 3.63) is 297 Å². The van der Waals surface area contributed by atoms with Crippen molar-refractivity contribution in [1.82, 2.24) is 0 Å². The lowest BCUT2D eigenvalue weighted by atomic mass is 9.78. The van der Waals surface area contributed by atoms with Crippen molar-refractivity contribution in [2.24, 2.45) is 11.8 Å². The molecule has 4 unspecified atom stereocenters. The van der Waals surface area contributed by atoms with E-state index in [1.54, 1.807) is 34.1 Å². The first-order valence-corrected chi connectivity index (χ1v) is 27.0. The van der Waals surface area contributed by atoms with Crippen molar-refractivity contribution in [2.45, 2.75) is 64.5 Å². The fourth-order valence-corrected chi connectivity index (χ4v) is 9.83. The van der Waals surface area contributed by atoms with Crippen LogP contribution in [0.1, 0.15) is 96.3 Å². The van der Waals surface area contributed by atoms with Crippen LogP contribution in [0.3, 0.4) is 0 Å². The SMILES string of the molecule is C.O=C(CCC1C(=O)N(c2ccc(F)cc2)C1c1ccc(OCc2ccccc2)cc1)c1ccc(F)cc1.[2H][C@](O)(CCC1C(=O)N(c2ccc(F)cc2)C1c1ccc(OCc2ccccc2)cc1)c1ccc(F)cc1.[2H]c1c([2H])c(Br)c([2H])c([2H])c1F. The molecule has 14 heteroatoms. The summed E-state index contributed by atoms with van der Waals surface area (Å²) >= 11 is 2.83. The molecular formula is C69H60BrF5N2O6. The summed E-state index contributed by atoms with van der Waals surface area (Å²) in [5.41, 5.74) is 5.72. The zero-order valence-corrected chi connectivity index (χ0v) is 45.4. The molecule has 0 aliphatic carbocycles. The van der Waals surface area contributed by atoms with E-state index >= 15 is 0 Å². The fourth-order valence-electron chi connectivity index (χ4n) is 9.63. The Morgan fingerprint density at radius 1 is 0.518 bits per heavy atom. The lowest BCUT2D eigenvalue weighted by molar-refractivity contribution is -0.131. The number of nitrogens with zero attached hydrogens (tertiary/aromatic N) is 2. The number of ether oxygens (including phenoxy) is 2. The first-order valence-electron chi connectivity index (χ1n) is 28.7. The second-order valence-electron chi connectivity index (χ2n) is 19.2. The number of anilines is 2. The average molecular weight is 1190 g/mol. The van der Waals surface area contributed by atoms with E-state index in [1.165, 1.54) is 72.8 Å². The number of hydrogen-bond donors (Lipinski definition) is 1. The van der Waals surface area contributed by atoms with Crippen molar-refractivity contribution in [2.75, 3.05) is 9.80 Å². The van der Waals surface area contributed by atoms with Crippen LogP contribution in [0.25, 0.3) is 0 Å². The molecule has 0 radical (unpaired) electrons. The number of amides is 2. The van der Waals surface area contributed by atoms with E-state index in [9.17, 15) is 41.4 Å². The van der Waals surface area contributed by atoms with Gasteiger partial charge in [0, 0.05) is 27.8 Å². The van der Waals surface area contributed by atoms with Gasteiger partial charge < -0.3 is 24.4 Å². The van der Waals surface area contributed by atoms with Crippen molar-refractivity contribution in [1.29, 1.82) is 0 Å². The predicted molar refractivity (Wildman–Crippen MR) is 316 cm³/mol. The monoisotopic (exact) mass is 1190 g/mol. The Bertz CT molecular complexity index is 3720. The smallest absolute Gasteiger partial charge is 0.233 e. The van der Waals surface area contributed by atoms with Crippen LogP contribution in [-0.4, -0.2) is 22.7 Å². The summed E-state index contributed by atoms with van der Waals surface area (Å²) in [5, 5.41) is 10.8. The van der Waals surface area contributed by atoms with E-state index in [0.717, 1.165) is 22.3 Å². The van der Waals surface area contributed by atoms with E-state index in [-0.39, 0.29) is 72.2 Å². The zero-order chi connectivity index (χ0) is 61.9. The Morgan fingerprint density at radius 2 is 0.904 bits per heavy atom. The van der Waals surface area contributed by atoms with Crippen LogP contribution in [0.15, 0.2) is 235 Å². The summed E-state index contributed by atoms with van der Waals surface area (Å²) in [5.74, 6) is -2.69. The van der Waals surface area contributed by atoms with Crippen molar-refractivity contribution in [3.8, 4) is 11.5 Å². The minimum Gasteiger partial charge on any atom is -0.489 e. The minimum absolute atomic E-state index is 0. The Morgan fingerprint density at radius 3 is 1.33 bits per heavy atom. The zero-order valence-electron chi connectivity index (χ0n) is 48.8. The highest BCUT2D eigenvalue weighted by Gasteiger charge is 2.49. The number of ketones is 1. The molecule has 0 spiro atoms. The van der Waals surface area contributed by atoms with Crippen molar-refractivity contribution < 1.29 is 57.8 Å². The Hall–Kier alpha value is -8.72. The quantitative estimate of drug-likeness (QED) is 0.0522. The molecule has 2 amide bonds. The van der Waals surface area contributed by atoms with Gasteiger partial charge in [0.25, 0.3) is 0 Å². The third-order valence-electron chi connectivity index (χ3n) is 13.9. The van der Waals surface area contributed by atoms with Crippen LogP contribution < -0.4 is 19.3 Å². The molecule has 9 aromatic rings. The van der Waals surface area contributed by atoms with E-state index in [0.29, 0.717) is 48.1 Å². The molecule has 5 atom stereocenters. The number of aliphatic hydroxyl groups is 1. The van der Waals surface area contributed by atoms with Crippen LogP contribution >= 0.6 is 15.9 Å². The summed E-state index contributed by atoms with van der Waals surface area (Å²) in [6.45, 7) is 0.871. The van der Waals surface area contributed by atoms with Gasteiger partial charge in [-0.15, -0.1) is 0 Å². The normalized spacial score (nSPS) is 17.6. The first kappa shape index (κ1) is 53.6. The van der Waals surface area contributed by atoms with Crippen LogP contribution in [0.4, 0.5) is 33.3 Å². The molecule has 9 aromatic carbocycles. The van der Waals surface area contributed by atoms with Crippen molar-refractivity contribution in [3.63, 3.8) is 0 Å². The minimum atomic E-state index is -1.97. The van der Waals surface area contributed by atoms with Gasteiger partial charge in [0.05, 0.1) is 36.9 Å². The highest BCUT2D eigenvalue weighted by Crippen LogP contribution is 2.48. The maximum absolute atomic E-state index is 13.6. The van der Waals surface area contributed by atoms with Crippen LogP contribution in [-0.2, 0) is 22.8 Å².